The van der Waals surface area contributed by atoms with Gasteiger partial charge in [0.05, 0.1) is 13.2 Å². The molecule has 0 aliphatic carbocycles. The third-order valence-corrected chi connectivity index (χ3v) is 6.16. The van der Waals surface area contributed by atoms with Crippen molar-refractivity contribution in [1.29, 1.82) is 0 Å². The van der Waals surface area contributed by atoms with Gasteiger partial charge in [-0.25, -0.2) is 9.97 Å². The number of hydrogen-bond donors (Lipinski definition) is 0. The maximum atomic E-state index is 12.7. The van der Waals surface area contributed by atoms with E-state index in [1.54, 1.807) is 11.8 Å². The van der Waals surface area contributed by atoms with Crippen LogP contribution in [0, 0.1) is 13.8 Å². The molecule has 29 heavy (non-hydrogen) atoms. The van der Waals surface area contributed by atoms with Crippen LogP contribution in [0.2, 0.25) is 0 Å². The molecular formula is C22H30N4O2S. The standard InChI is InChI=1S/C22H30N4O2S/c1-5-25(6-2)20-16(3)17(4)23-22(24-20)29-15-18-8-7-9-19(14-18)21(27)26-10-12-28-13-11-26/h7-9,14H,5-6,10-13,15H2,1-4H3. The molecule has 0 N–H and O–H groups in total. The van der Waals surface area contributed by atoms with Gasteiger partial charge < -0.3 is 14.5 Å². The maximum Gasteiger partial charge on any atom is 0.254 e. The molecule has 1 aliphatic rings. The highest BCUT2D eigenvalue weighted by Gasteiger charge is 2.19. The van der Waals surface area contributed by atoms with Crippen molar-refractivity contribution >= 4 is 23.5 Å². The number of aromatic nitrogens is 2. The highest BCUT2D eigenvalue weighted by Crippen LogP contribution is 2.26. The lowest BCUT2D eigenvalue weighted by molar-refractivity contribution is 0.0303. The number of nitrogens with zero attached hydrogens (tertiary/aromatic N) is 4. The first-order valence-electron chi connectivity index (χ1n) is 10.2. The number of thioether (sulfide) groups is 1. The molecule has 1 amide bonds. The van der Waals surface area contributed by atoms with Crippen LogP contribution in [0.5, 0.6) is 0 Å². The van der Waals surface area contributed by atoms with Crippen LogP contribution < -0.4 is 4.90 Å². The zero-order valence-electron chi connectivity index (χ0n) is 17.8. The summed E-state index contributed by atoms with van der Waals surface area (Å²) in [5.41, 5.74) is 3.98. The second-order valence-electron chi connectivity index (χ2n) is 7.11. The van der Waals surface area contributed by atoms with Gasteiger partial charge in [0.25, 0.3) is 5.91 Å². The lowest BCUT2D eigenvalue weighted by Crippen LogP contribution is -2.40. The number of anilines is 1. The van der Waals surface area contributed by atoms with Crippen LogP contribution in [0.4, 0.5) is 5.82 Å². The molecule has 1 aliphatic heterocycles. The SMILES string of the molecule is CCN(CC)c1nc(SCc2cccc(C(=O)N3CCOCC3)c2)nc(C)c1C. The van der Waals surface area contributed by atoms with Crippen molar-refractivity contribution in [3.05, 3.63) is 46.6 Å². The van der Waals surface area contributed by atoms with Crippen molar-refractivity contribution in [3.63, 3.8) is 0 Å². The van der Waals surface area contributed by atoms with E-state index >= 15 is 0 Å². The minimum Gasteiger partial charge on any atom is -0.378 e. The highest BCUT2D eigenvalue weighted by molar-refractivity contribution is 7.98. The van der Waals surface area contributed by atoms with Crippen molar-refractivity contribution in [2.75, 3.05) is 44.3 Å². The summed E-state index contributed by atoms with van der Waals surface area (Å²) in [5.74, 6) is 1.82. The van der Waals surface area contributed by atoms with E-state index in [4.69, 9.17) is 9.72 Å². The molecule has 1 saturated heterocycles. The van der Waals surface area contributed by atoms with Gasteiger partial charge in [-0.2, -0.15) is 0 Å². The van der Waals surface area contributed by atoms with E-state index in [9.17, 15) is 4.79 Å². The Hall–Kier alpha value is -2.12. The molecule has 0 bridgehead atoms. The minimum atomic E-state index is 0.0754. The van der Waals surface area contributed by atoms with Crippen LogP contribution in [-0.4, -0.2) is 60.2 Å². The second-order valence-corrected chi connectivity index (χ2v) is 8.05. The maximum absolute atomic E-state index is 12.7. The zero-order valence-corrected chi connectivity index (χ0v) is 18.6. The average molecular weight is 415 g/mol. The number of hydrogen-bond acceptors (Lipinski definition) is 6. The van der Waals surface area contributed by atoms with Gasteiger partial charge in [-0.3, -0.25) is 4.79 Å². The Labute approximate surface area is 177 Å². The van der Waals surface area contributed by atoms with E-state index in [-0.39, 0.29) is 5.91 Å². The van der Waals surface area contributed by atoms with Crippen LogP contribution in [0.25, 0.3) is 0 Å². The van der Waals surface area contributed by atoms with Crippen molar-refractivity contribution in [3.8, 4) is 0 Å². The summed E-state index contributed by atoms with van der Waals surface area (Å²) >= 11 is 1.61. The number of aryl methyl sites for hydroxylation is 1. The summed E-state index contributed by atoms with van der Waals surface area (Å²) in [6.45, 7) is 12.8. The number of benzene rings is 1. The molecule has 0 atom stereocenters. The molecule has 2 heterocycles. The van der Waals surface area contributed by atoms with Gasteiger partial charge in [0, 0.05) is 48.8 Å². The molecule has 0 spiro atoms. The minimum absolute atomic E-state index is 0.0754. The fourth-order valence-corrected chi connectivity index (χ4v) is 4.20. The Morgan fingerprint density at radius 3 is 2.59 bits per heavy atom. The number of amides is 1. The third kappa shape index (κ3) is 5.28. The second kappa shape index (κ2) is 10.1. The molecule has 7 heteroatoms. The van der Waals surface area contributed by atoms with Crippen molar-refractivity contribution in [2.45, 2.75) is 38.6 Å². The number of morpholine rings is 1. The normalized spacial score (nSPS) is 14.1. The summed E-state index contributed by atoms with van der Waals surface area (Å²) in [5, 5.41) is 0.778. The summed E-state index contributed by atoms with van der Waals surface area (Å²) in [7, 11) is 0. The Morgan fingerprint density at radius 1 is 1.17 bits per heavy atom. The zero-order chi connectivity index (χ0) is 20.8. The highest BCUT2D eigenvalue weighted by atomic mass is 32.2. The van der Waals surface area contributed by atoms with Crippen LogP contribution in [0.15, 0.2) is 29.4 Å². The molecule has 156 valence electrons. The van der Waals surface area contributed by atoms with E-state index in [0.717, 1.165) is 52.2 Å². The van der Waals surface area contributed by atoms with E-state index in [1.165, 1.54) is 0 Å². The van der Waals surface area contributed by atoms with Gasteiger partial charge in [-0.15, -0.1) is 0 Å². The van der Waals surface area contributed by atoms with E-state index in [0.29, 0.717) is 26.3 Å². The molecule has 2 aromatic rings. The summed E-state index contributed by atoms with van der Waals surface area (Å²) in [6, 6.07) is 7.87. The monoisotopic (exact) mass is 414 g/mol. The molecule has 3 rings (SSSR count). The molecule has 1 aromatic carbocycles. The Kier molecular flexibility index (Phi) is 7.50. The fourth-order valence-electron chi connectivity index (χ4n) is 3.38. The van der Waals surface area contributed by atoms with Crippen LogP contribution in [0.3, 0.4) is 0 Å². The molecular weight excluding hydrogens is 384 g/mol. The molecule has 1 fully saturated rings. The first-order chi connectivity index (χ1) is 14.0. The van der Waals surface area contributed by atoms with Gasteiger partial charge in [0.15, 0.2) is 5.16 Å². The molecule has 0 radical (unpaired) electrons. The van der Waals surface area contributed by atoms with E-state index in [2.05, 4.69) is 36.7 Å². The van der Waals surface area contributed by atoms with E-state index in [1.807, 2.05) is 30.0 Å². The first-order valence-corrected chi connectivity index (χ1v) is 11.2. The number of rotatable bonds is 7. The Morgan fingerprint density at radius 2 is 1.90 bits per heavy atom. The van der Waals surface area contributed by atoms with Crippen molar-refractivity contribution in [1.82, 2.24) is 14.9 Å². The molecule has 6 nitrogen and oxygen atoms in total. The first kappa shape index (κ1) is 21.6. The third-order valence-electron chi connectivity index (χ3n) is 5.25. The lowest BCUT2D eigenvalue weighted by Gasteiger charge is -2.27. The van der Waals surface area contributed by atoms with Crippen LogP contribution >= 0.6 is 11.8 Å². The van der Waals surface area contributed by atoms with Crippen molar-refractivity contribution in [2.24, 2.45) is 0 Å². The van der Waals surface area contributed by atoms with E-state index < -0.39 is 0 Å². The number of carbonyl (C=O) groups excluding carboxylic acids is 1. The fraction of sp³-hybridized carbons (Fsp3) is 0.500. The quantitative estimate of drug-likeness (QED) is 0.509. The van der Waals surface area contributed by atoms with Crippen LogP contribution in [-0.2, 0) is 10.5 Å². The Bertz CT molecular complexity index is 849. The van der Waals surface area contributed by atoms with Gasteiger partial charge in [-0.1, -0.05) is 23.9 Å². The Balaban J connectivity index is 1.72. The molecule has 1 aromatic heterocycles. The van der Waals surface area contributed by atoms with Crippen LogP contribution in [0.1, 0.15) is 41.0 Å². The summed E-state index contributed by atoms with van der Waals surface area (Å²) in [6.07, 6.45) is 0. The predicted molar refractivity (Wildman–Crippen MR) is 118 cm³/mol. The lowest BCUT2D eigenvalue weighted by atomic mass is 10.1. The largest absolute Gasteiger partial charge is 0.378 e. The number of ether oxygens (including phenoxy) is 1. The summed E-state index contributed by atoms with van der Waals surface area (Å²) < 4.78 is 5.34. The number of carbonyl (C=O) groups is 1. The topological polar surface area (TPSA) is 58.6 Å². The molecule has 0 unspecified atom stereocenters. The van der Waals surface area contributed by atoms with Gasteiger partial charge in [-0.05, 0) is 45.4 Å². The smallest absolute Gasteiger partial charge is 0.254 e. The predicted octanol–water partition coefficient (Wildman–Crippen LogP) is 3.70. The van der Waals surface area contributed by atoms with Crippen molar-refractivity contribution < 1.29 is 9.53 Å². The van der Waals surface area contributed by atoms with Gasteiger partial charge >= 0.3 is 0 Å². The average Bonchev–Trinajstić information content (AvgIpc) is 2.76. The van der Waals surface area contributed by atoms with Gasteiger partial charge in [0.2, 0.25) is 0 Å². The van der Waals surface area contributed by atoms with Gasteiger partial charge in [0.1, 0.15) is 5.82 Å². The summed E-state index contributed by atoms with van der Waals surface area (Å²) in [4.78, 5) is 26.3. The molecule has 0 saturated carbocycles.